The van der Waals surface area contributed by atoms with Crippen LogP contribution in [0.4, 0.5) is 0 Å². The number of aliphatic hydroxyl groups excluding tert-OH is 1. The fourth-order valence-electron chi connectivity index (χ4n) is 4.02. The number of thiophene rings is 2. The summed E-state index contributed by atoms with van der Waals surface area (Å²) < 4.78 is 2.67. The van der Waals surface area contributed by atoms with Crippen molar-refractivity contribution in [3.05, 3.63) is 22.4 Å². The molecule has 18 heavy (non-hydrogen) atoms. The van der Waals surface area contributed by atoms with E-state index in [4.69, 9.17) is 0 Å². The minimum Gasteiger partial charge on any atom is -0.388 e. The first kappa shape index (κ1) is 11.4. The summed E-state index contributed by atoms with van der Waals surface area (Å²) in [5, 5.41) is 12.6. The monoisotopic (exact) mass is 278 g/mol. The Kier molecular flexibility index (Phi) is 2.75. The maximum atomic E-state index is 10.4. The predicted molar refractivity (Wildman–Crippen MR) is 78.2 cm³/mol. The number of fused-ring (bicyclic) bond motifs is 3. The van der Waals surface area contributed by atoms with Crippen molar-refractivity contribution in [3.8, 4) is 0 Å². The molecule has 2 aliphatic rings. The molecule has 0 aliphatic heterocycles. The zero-order valence-electron chi connectivity index (χ0n) is 10.3. The second kappa shape index (κ2) is 4.32. The van der Waals surface area contributed by atoms with Gasteiger partial charge in [-0.3, -0.25) is 0 Å². The standard InChI is InChI=1S/C15H18OS2/c16-12(7-11-6-9-1-2-10(11)5-9)14-8-15-13(18-14)3-4-17-15/h3-4,8-12,16H,1-2,5-7H2. The van der Waals surface area contributed by atoms with Crippen molar-refractivity contribution in [2.24, 2.45) is 17.8 Å². The highest BCUT2D eigenvalue weighted by Crippen LogP contribution is 2.51. The first-order valence-corrected chi connectivity index (χ1v) is 8.64. The molecule has 4 atom stereocenters. The molecule has 4 unspecified atom stereocenters. The lowest BCUT2D eigenvalue weighted by molar-refractivity contribution is 0.128. The van der Waals surface area contributed by atoms with Crippen molar-refractivity contribution in [1.82, 2.24) is 0 Å². The van der Waals surface area contributed by atoms with E-state index in [9.17, 15) is 5.11 Å². The quantitative estimate of drug-likeness (QED) is 0.853. The van der Waals surface area contributed by atoms with Gasteiger partial charge in [0.2, 0.25) is 0 Å². The zero-order valence-corrected chi connectivity index (χ0v) is 12.0. The van der Waals surface area contributed by atoms with Gasteiger partial charge in [0.05, 0.1) is 6.10 Å². The molecule has 2 aliphatic carbocycles. The van der Waals surface area contributed by atoms with E-state index in [0.717, 1.165) is 24.2 Å². The summed E-state index contributed by atoms with van der Waals surface area (Å²) in [6.07, 6.45) is 6.46. The SMILES string of the molecule is OC(CC1CC2CCC1C2)c1cc2sccc2s1. The predicted octanol–water partition coefficient (Wildman–Crippen LogP) is 4.82. The van der Waals surface area contributed by atoms with Crippen LogP contribution in [-0.4, -0.2) is 5.11 Å². The lowest BCUT2D eigenvalue weighted by Crippen LogP contribution is -2.13. The summed E-state index contributed by atoms with van der Waals surface area (Å²) in [6.45, 7) is 0. The Morgan fingerprint density at radius 2 is 2.22 bits per heavy atom. The lowest BCUT2D eigenvalue weighted by Gasteiger charge is -2.23. The summed E-state index contributed by atoms with van der Waals surface area (Å²) in [5.41, 5.74) is 0. The van der Waals surface area contributed by atoms with E-state index >= 15 is 0 Å². The molecule has 1 nitrogen and oxygen atoms in total. The topological polar surface area (TPSA) is 20.2 Å². The molecule has 2 bridgehead atoms. The Labute approximate surface area is 115 Å². The first-order chi connectivity index (χ1) is 8.79. The Bertz CT molecular complexity index is 527. The Balaban J connectivity index is 1.49. The van der Waals surface area contributed by atoms with Gasteiger partial charge in [0.1, 0.15) is 0 Å². The smallest absolute Gasteiger partial charge is 0.0885 e. The molecule has 3 heteroatoms. The number of aliphatic hydroxyl groups is 1. The third-order valence-electron chi connectivity index (χ3n) is 4.90. The Morgan fingerprint density at radius 3 is 2.94 bits per heavy atom. The fourth-order valence-corrected chi connectivity index (χ4v) is 6.14. The van der Waals surface area contributed by atoms with Gasteiger partial charge in [-0.1, -0.05) is 6.42 Å². The first-order valence-electron chi connectivity index (χ1n) is 6.94. The van der Waals surface area contributed by atoms with Crippen molar-refractivity contribution in [2.75, 3.05) is 0 Å². The fraction of sp³-hybridized carbons (Fsp3) is 0.600. The van der Waals surface area contributed by atoms with Gasteiger partial charge in [0, 0.05) is 14.3 Å². The third kappa shape index (κ3) is 1.84. The molecule has 2 saturated carbocycles. The Morgan fingerprint density at radius 1 is 1.28 bits per heavy atom. The minimum atomic E-state index is -0.223. The maximum absolute atomic E-state index is 10.4. The van der Waals surface area contributed by atoms with Crippen molar-refractivity contribution in [1.29, 1.82) is 0 Å². The van der Waals surface area contributed by atoms with Gasteiger partial charge >= 0.3 is 0 Å². The maximum Gasteiger partial charge on any atom is 0.0885 e. The number of hydrogen-bond acceptors (Lipinski definition) is 3. The number of rotatable bonds is 3. The summed E-state index contributed by atoms with van der Waals surface area (Å²) in [6, 6.07) is 4.36. The number of hydrogen-bond donors (Lipinski definition) is 1. The van der Waals surface area contributed by atoms with Crippen LogP contribution in [0, 0.1) is 17.8 Å². The van der Waals surface area contributed by atoms with Crippen molar-refractivity contribution < 1.29 is 5.11 Å². The van der Waals surface area contributed by atoms with E-state index in [1.807, 2.05) is 0 Å². The van der Waals surface area contributed by atoms with Crippen LogP contribution in [-0.2, 0) is 0 Å². The van der Waals surface area contributed by atoms with Crippen LogP contribution in [0.15, 0.2) is 17.5 Å². The molecule has 4 rings (SSSR count). The normalized spacial score (nSPS) is 32.4. The Hall–Kier alpha value is -0.380. The van der Waals surface area contributed by atoms with Crippen LogP contribution >= 0.6 is 22.7 Å². The zero-order chi connectivity index (χ0) is 12.1. The van der Waals surface area contributed by atoms with E-state index in [2.05, 4.69) is 17.5 Å². The van der Waals surface area contributed by atoms with Gasteiger partial charge in [-0.25, -0.2) is 0 Å². The molecule has 0 aromatic carbocycles. The summed E-state index contributed by atoms with van der Waals surface area (Å²) >= 11 is 3.56. The molecule has 0 amide bonds. The third-order valence-corrected chi connectivity index (χ3v) is 7.09. The van der Waals surface area contributed by atoms with Crippen molar-refractivity contribution >= 4 is 32.1 Å². The van der Waals surface area contributed by atoms with E-state index in [1.165, 1.54) is 40.0 Å². The summed E-state index contributed by atoms with van der Waals surface area (Å²) in [4.78, 5) is 1.18. The van der Waals surface area contributed by atoms with E-state index < -0.39 is 0 Å². The highest BCUT2D eigenvalue weighted by Gasteiger charge is 2.40. The lowest BCUT2D eigenvalue weighted by atomic mass is 9.84. The van der Waals surface area contributed by atoms with Crippen LogP contribution in [0.5, 0.6) is 0 Å². The van der Waals surface area contributed by atoms with Gasteiger partial charge in [-0.05, 0) is 60.9 Å². The van der Waals surface area contributed by atoms with Crippen molar-refractivity contribution in [3.63, 3.8) is 0 Å². The molecular formula is C15H18OS2. The average Bonchev–Trinajstić information content (AvgIpc) is 3.08. The van der Waals surface area contributed by atoms with E-state index in [-0.39, 0.29) is 6.10 Å². The van der Waals surface area contributed by atoms with Crippen LogP contribution in [0.2, 0.25) is 0 Å². The van der Waals surface area contributed by atoms with Crippen LogP contribution < -0.4 is 0 Å². The van der Waals surface area contributed by atoms with Gasteiger partial charge in [-0.2, -0.15) is 0 Å². The largest absolute Gasteiger partial charge is 0.388 e. The van der Waals surface area contributed by atoms with Crippen LogP contribution in [0.3, 0.4) is 0 Å². The second-order valence-electron chi connectivity index (χ2n) is 5.98. The highest BCUT2D eigenvalue weighted by molar-refractivity contribution is 7.26. The average molecular weight is 278 g/mol. The molecule has 0 spiro atoms. The molecule has 2 aromatic rings. The van der Waals surface area contributed by atoms with Gasteiger partial charge in [-0.15, -0.1) is 22.7 Å². The molecule has 0 radical (unpaired) electrons. The molecule has 96 valence electrons. The van der Waals surface area contributed by atoms with Gasteiger partial charge in [0.15, 0.2) is 0 Å². The minimum absolute atomic E-state index is 0.223. The molecule has 0 saturated heterocycles. The van der Waals surface area contributed by atoms with Gasteiger partial charge in [0.25, 0.3) is 0 Å². The van der Waals surface area contributed by atoms with Crippen LogP contribution in [0.25, 0.3) is 9.40 Å². The van der Waals surface area contributed by atoms with E-state index in [1.54, 1.807) is 22.7 Å². The van der Waals surface area contributed by atoms with Gasteiger partial charge < -0.3 is 5.11 Å². The molecule has 1 N–H and O–H groups in total. The molecule has 2 heterocycles. The highest BCUT2D eigenvalue weighted by atomic mass is 32.1. The summed E-state index contributed by atoms with van der Waals surface area (Å²) in [5.74, 6) is 2.70. The second-order valence-corrected chi connectivity index (χ2v) is 8.05. The van der Waals surface area contributed by atoms with Crippen LogP contribution in [0.1, 0.15) is 43.1 Å². The molecule has 2 fully saturated rings. The van der Waals surface area contributed by atoms with E-state index in [0.29, 0.717) is 0 Å². The molecule has 2 aromatic heterocycles. The molecular weight excluding hydrogens is 260 g/mol. The van der Waals surface area contributed by atoms with Crippen molar-refractivity contribution in [2.45, 2.75) is 38.2 Å². The summed E-state index contributed by atoms with van der Waals surface area (Å²) in [7, 11) is 0.